The molecule has 2 unspecified atom stereocenters. The second-order valence-corrected chi connectivity index (χ2v) is 4.68. The van der Waals surface area contributed by atoms with E-state index >= 15 is 0 Å². The van der Waals surface area contributed by atoms with Crippen molar-refractivity contribution in [3.8, 4) is 11.5 Å². The van der Waals surface area contributed by atoms with Crippen LogP contribution in [0.15, 0.2) is 18.2 Å². The Morgan fingerprint density at radius 1 is 1.30 bits per heavy atom. The van der Waals surface area contributed by atoms with Gasteiger partial charge in [-0.1, -0.05) is 6.07 Å². The summed E-state index contributed by atoms with van der Waals surface area (Å²) >= 11 is 0. The Bertz CT molecular complexity index is 445. The van der Waals surface area contributed by atoms with Gasteiger partial charge in [0, 0.05) is 6.04 Å². The number of methoxy groups -OCH3 is 1. The Labute approximate surface area is 120 Å². The quantitative estimate of drug-likeness (QED) is 0.773. The Kier molecular flexibility index (Phi) is 6.31. The largest absolute Gasteiger partial charge is 0.490 e. The Balaban J connectivity index is 2.91. The van der Waals surface area contributed by atoms with E-state index in [4.69, 9.17) is 15.2 Å². The van der Waals surface area contributed by atoms with E-state index in [2.05, 4.69) is 4.74 Å². The third-order valence-corrected chi connectivity index (χ3v) is 2.70. The topological polar surface area (TPSA) is 70.8 Å². The number of nitrogens with two attached hydrogens (primary N) is 1. The number of benzene rings is 1. The number of carbonyl (C=O) groups excluding carboxylic acids is 1. The van der Waals surface area contributed by atoms with Crippen molar-refractivity contribution < 1.29 is 19.0 Å². The predicted octanol–water partition coefficient (Wildman–Crippen LogP) is 1.92. The lowest BCUT2D eigenvalue weighted by Crippen LogP contribution is -2.25. The molecule has 5 heteroatoms. The lowest BCUT2D eigenvalue weighted by molar-refractivity contribution is -0.147. The average Bonchev–Trinajstić information content (AvgIpc) is 2.40. The molecule has 2 atom stereocenters. The third-order valence-electron chi connectivity index (χ3n) is 2.70. The number of rotatable bonds is 7. The Morgan fingerprint density at radius 2 is 2.00 bits per heavy atom. The van der Waals surface area contributed by atoms with Gasteiger partial charge in [-0.05, 0) is 44.9 Å². The average molecular weight is 281 g/mol. The summed E-state index contributed by atoms with van der Waals surface area (Å²) < 4.78 is 15.8. The number of hydrogen-bond donors (Lipinski definition) is 1. The van der Waals surface area contributed by atoms with Crippen LogP contribution in [0.4, 0.5) is 0 Å². The van der Waals surface area contributed by atoms with Crippen LogP contribution in [-0.4, -0.2) is 31.8 Å². The summed E-state index contributed by atoms with van der Waals surface area (Å²) in [4.78, 5) is 11.4. The Hall–Kier alpha value is -1.75. The highest BCUT2D eigenvalue weighted by Gasteiger charge is 2.17. The summed E-state index contributed by atoms with van der Waals surface area (Å²) in [6.45, 7) is 6.00. The first-order valence-electron chi connectivity index (χ1n) is 6.73. The third kappa shape index (κ3) is 4.74. The fourth-order valence-electron chi connectivity index (χ4n) is 1.82. The molecule has 0 saturated heterocycles. The molecule has 5 nitrogen and oxygen atoms in total. The van der Waals surface area contributed by atoms with Gasteiger partial charge >= 0.3 is 5.97 Å². The van der Waals surface area contributed by atoms with Gasteiger partial charge in [-0.2, -0.15) is 0 Å². The monoisotopic (exact) mass is 281 g/mol. The number of carbonyl (C=O) groups is 1. The Morgan fingerprint density at radius 3 is 2.55 bits per heavy atom. The van der Waals surface area contributed by atoms with E-state index in [-0.39, 0.29) is 6.04 Å². The van der Waals surface area contributed by atoms with Crippen LogP contribution in [0.25, 0.3) is 0 Å². The molecule has 0 heterocycles. The molecule has 0 aliphatic rings. The molecule has 1 rings (SSSR count). The maximum atomic E-state index is 11.4. The molecule has 2 N–H and O–H groups in total. The van der Waals surface area contributed by atoms with Crippen LogP contribution in [0, 0.1) is 0 Å². The van der Waals surface area contributed by atoms with E-state index in [1.54, 1.807) is 13.0 Å². The second kappa shape index (κ2) is 7.75. The molecule has 0 bridgehead atoms. The number of esters is 1. The lowest BCUT2D eigenvalue weighted by Gasteiger charge is -2.17. The summed E-state index contributed by atoms with van der Waals surface area (Å²) in [6.07, 6.45) is 0.0749. The molecule has 20 heavy (non-hydrogen) atoms. The highest BCUT2D eigenvalue weighted by molar-refractivity contribution is 5.74. The molecular formula is C15H23NO4. The van der Waals surface area contributed by atoms with Crippen molar-refractivity contribution in [2.45, 2.75) is 39.3 Å². The van der Waals surface area contributed by atoms with Crippen molar-refractivity contribution in [3.63, 3.8) is 0 Å². The van der Waals surface area contributed by atoms with Crippen LogP contribution < -0.4 is 15.2 Å². The summed E-state index contributed by atoms with van der Waals surface area (Å²) in [7, 11) is 1.33. The van der Waals surface area contributed by atoms with E-state index in [1.807, 2.05) is 26.0 Å². The smallest absolute Gasteiger partial charge is 0.346 e. The predicted molar refractivity (Wildman–Crippen MR) is 77.1 cm³/mol. The van der Waals surface area contributed by atoms with Crippen LogP contribution in [0.3, 0.4) is 0 Å². The van der Waals surface area contributed by atoms with Crippen LogP contribution in [0.1, 0.15) is 26.3 Å². The standard InChI is InChI=1S/C15H23NO4/c1-5-19-14-9-12(8-10(2)16)6-7-13(14)20-11(3)15(17)18-4/h6-7,9-11H,5,8,16H2,1-4H3. The molecular weight excluding hydrogens is 258 g/mol. The molecule has 0 spiro atoms. The minimum atomic E-state index is -0.682. The second-order valence-electron chi connectivity index (χ2n) is 4.68. The van der Waals surface area contributed by atoms with Gasteiger partial charge in [0.2, 0.25) is 0 Å². The molecule has 0 aromatic heterocycles. The fourth-order valence-corrected chi connectivity index (χ4v) is 1.82. The van der Waals surface area contributed by atoms with Crippen molar-refractivity contribution in [1.29, 1.82) is 0 Å². The maximum Gasteiger partial charge on any atom is 0.346 e. The van der Waals surface area contributed by atoms with E-state index < -0.39 is 12.1 Å². The molecule has 0 aliphatic carbocycles. The van der Waals surface area contributed by atoms with Crippen molar-refractivity contribution >= 4 is 5.97 Å². The molecule has 1 aromatic carbocycles. The summed E-state index contributed by atoms with van der Waals surface area (Å²) in [5, 5.41) is 0. The summed E-state index contributed by atoms with van der Waals surface area (Å²) in [5.74, 6) is 0.715. The SMILES string of the molecule is CCOc1cc(CC(C)N)ccc1OC(C)C(=O)OC. The number of ether oxygens (including phenoxy) is 3. The minimum Gasteiger partial charge on any atom is -0.490 e. The molecule has 0 saturated carbocycles. The first-order valence-corrected chi connectivity index (χ1v) is 6.73. The van der Waals surface area contributed by atoms with Gasteiger partial charge in [0.05, 0.1) is 13.7 Å². The van der Waals surface area contributed by atoms with Gasteiger partial charge in [0.25, 0.3) is 0 Å². The molecule has 0 fully saturated rings. The molecule has 112 valence electrons. The normalized spacial score (nSPS) is 13.4. The molecule has 1 aromatic rings. The zero-order valence-electron chi connectivity index (χ0n) is 12.5. The zero-order chi connectivity index (χ0) is 15.1. The minimum absolute atomic E-state index is 0.0743. The maximum absolute atomic E-state index is 11.4. The molecule has 0 radical (unpaired) electrons. The number of hydrogen-bond acceptors (Lipinski definition) is 5. The summed E-state index contributed by atoms with van der Waals surface area (Å²) in [5.41, 5.74) is 6.86. The lowest BCUT2D eigenvalue weighted by atomic mass is 10.1. The van der Waals surface area contributed by atoms with Crippen LogP contribution >= 0.6 is 0 Å². The van der Waals surface area contributed by atoms with Gasteiger partial charge in [-0.3, -0.25) is 0 Å². The van der Waals surface area contributed by atoms with Crippen LogP contribution in [0.5, 0.6) is 11.5 Å². The van der Waals surface area contributed by atoms with Crippen molar-refractivity contribution in [2.24, 2.45) is 5.73 Å². The van der Waals surface area contributed by atoms with Crippen molar-refractivity contribution in [2.75, 3.05) is 13.7 Å². The van der Waals surface area contributed by atoms with Crippen molar-refractivity contribution in [3.05, 3.63) is 23.8 Å². The molecule has 0 aliphatic heterocycles. The zero-order valence-corrected chi connectivity index (χ0v) is 12.5. The van der Waals surface area contributed by atoms with Gasteiger partial charge < -0.3 is 19.9 Å². The van der Waals surface area contributed by atoms with Gasteiger partial charge in [-0.25, -0.2) is 4.79 Å². The van der Waals surface area contributed by atoms with E-state index in [0.717, 1.165) is 12.0 Å². The van der Waals surface area contributed by atoms with E-state index in [1.165, 1.54) is 7.11 Å². The highest BCUT2D eigenvalue weighted by Crippen LogP contribution is 2.30. The first kappa shape index (κ1) is 16.3. The van der Waals surface area contributed by atoms with Gasteiger partial charge in [0.1, 0.15) is 0 Å². The first-order chi connectivity index (χ1) is 9.47. The molecule has 0 amide bonds. The van der Waals surface area contributed by atoms with Gasteiger partial charge in [-0.15, -0.1) is 0 Å². The highest BCUT2D eigenvalue weighted by atomic mass is 16.6. The van der Waals surface area contributed by atoms with Crippen molar-refractivity contribution in [1.82, 2.24) is 0 Å². The van der Waals surface area contributed by atoms with Gasteiger partial charge in [0.15, 0.2) is 17.6 Å². The summed E-state index contributed by atoms with van der Waals surface area (Å²) in [6, 6.07) is 5.68. The van der Waals surface area contributed by atoms with E-state index in [0.29, 0.717) is 18.1 Å². The van der Waals surface area contributed by atoms with Crippen LogP contribution in [-0.2, 0) is 16.0 Å². The van der Waals surface area contributed by atoms with E-state index in [9.17, 15) is 4.79 Å². The fraction of sp³-hybridized carbons (Fsp3) is 0.533. The van der Waals surface area contributed by atoms with Crippen LogP contribution in [0.2, 0.25) is 0 Å².